The third kappa shape index (κ3) is 4.95. The number of carbonyl (C=O) groups is 2. The van der Waals surface area contributed by atoms with Gasteiger partial charge in [0.05, 0.1) is 5.56 Å². The summed E-state index contributed by atoms with van der Waals surface area (Å²) in [5.74, 6) is -0.146. The van der Waals surface area contributed by atoms with Gasteiger partial charge in [-0.3, -0.25) is 20.4 Å². The summed E-state index contributed by atoms with van der Waals surface area (Å²) < 4.78 is 6.43. The van der Waals surface area contributed by atoms with Crippen molar-refractivity contribution in [1.29, 1.82) is 0 Å². The first kappa shape index (κ1) is 17.3. The van der Waals surface area contributed by atoms with E-state index >= 15 is 0 Å². The summed E-state index contributed by atoms with van der Waals surface area (Å²) >= 11 is 2.07. The Morgan fingerprint density at radius 3 is 2.35 bits per heavy atom. The summed E-state index contributed by atoms with van der Waals surface area (Å²) in [6, 6.07) is 16.2. The molecule has 0 aliphatic carbocycles. The van der Waals surface area contributed by atoms with Crippen LogP contribution in [0.3, 0.4) is 0 Å². The fourth-order valence-corrected chi connectivity index (χ4v) is 2.53. The lowest BCUT2D eigenvalue weighted by Gasteiger charge is -2.17. The molecule has 0 spiro atoms. The van der Waals surface area contributed by atoms with Crippen LogP contribution >= 0.6 is 22.6 Å². The van der Waals surface area contributed by atoms with Crippen molar-refractivity contribution in [2.45, 2.75) is 19.4 Å². The number of rotatable bonds is 5. The molecule has 23 heavy (non-hydrogen) atoms. The lowest BCUT2D eigenvalue weighted by Crippen LogP contribution is -2.48. The maximum Gasteiger partial charge on any atom is 0.279 e. The minimum Gasteiger partial charge on any atom is -0.481 e. The summed E-state index contributed by atoms with van der Waals surface area (Å²) in [5, 5.41) is 0. The van der Waals surface area contributed by atoms with Crippen LogP contribution in [-0.4, -0.2) is 17.9 Å². The highest BCUT2D eigenvalue weighted by molar-refractivity contribution is 14.1. The van der Waals surface area contributed by atoms with Gasteiger partial charge in [-0.2, -0.15) is 0 Å². The number of carbonyl (C=O) groups excluding carboxylic acids is 2. The Kier molecular flexibility index (Phi) is 6.40. The molecule has 120 valence electrons. The van der Waals surface area contributed by atoms with Gasteiger partial charge in [0.1, 0.15) is 5.75 Å². The van der Waals surface area contributed by atoms with E-state index in [1.807, 2.05) is 37.3 Å². The Morgan fingerprint density at radius 1 is 1.04 bits per heavy atom. The van der Waals surface area contributed by atoms with E-state index in [1.165, 1.54) is 0 Å². The average Bonchev–Trinajstić information content (AvgIpc) is 2.58. The fourth-order valence-electron chi connectivity index (χ4n) is 1.90. The highest BCUT2D eigenvalue weighted by atomic mass is 127. The molecule has 1 unspecified atom stereocenters. The molecule has 0 aliphatic rings. The normalized spacial score (nSPS) is 11.4. The van der Waals surface area contributed by atoms with Gasteiger partial charge in [0.25, 0.3) is 11.8 Å². The zero-order valence-electron chi connectivity index (χ0n) is 12.6. The Labute approximate surface area is 148 Å². The van der Waals surface area contributed by atoms with Crippen molar-refractivity contribution in [3.8, 4) is 5.75 Å². The van der Waals surface area contributed by atoms with Gasteiger partial charge >= 0.3 is 0 Å². The molecule has 5 nitrogen and oxygen atoms in total. The predicted octanol–water partition coefficient (Wildman–Crippen LogP) is 2.91. The minimum absolute atomic E-state index is 0.363. The number of hydrazine groups is 1. The second kappa shape index (κ2) is 8.52. The third-order valence-electron chi connectivity index (χ3n) is 3.10. The molecule has 6 heteroatoms. The fraction of sp³-hybridized carbons (Fsp3) is 0.176. The monoisotopic (exact) mass is 424 g/mol. The zero-order valence-corrected chi connectivity index (χ0v) is 14.7. The molecule has 0 radical (unpaired) electrons. The number of nitrogens with one attached hydrogen (secondary N) is 2. The van der Waals surface area contributed by atoms with Crippen molar-refractivity contribution in [1.82, 2.24) is 10.9 Å². The van der Waals surface area contributed by atoms with Crippen LogP contribution in [0.25, 0.3) is 0 Å². The number of hydrogen-bond acceptors (Lipinski definition) is 3. The van der Waals surface area contributed by atoms with E-state index in [9.17, 15) is 9.59 Å². The number of ether oxygens (including phenoxy) is 1. The third-order valence-corrected chi connectivity index (χ3v) is 4.04. The Balaban J connectivity index is 1.92. The van der Waals surface area contributed by atoms with Gasteiger partial charge in [-0.15, -0.1) is 0 Å². The molecule has 2 N–H and O–H groups in total. The van der Waals surface area contributed by atoms with E-state index < -0.39 is 12.0 Å². The topological polar surface area (TPSA) is 67.4 Å². The second-order valence-electron chi connectivity index (χ2n) is 4.75. The quantitative estimate of drug-likeness (QED) is 0.573. The molecule has 0 aromatic heterocycles. The maximum atomic E-state index is 12.1. The Hall–Kier alpha value is -2.09. The number of para-hydroxylation sites is 1. The molecule has 0 fully saturated rings. The molecule has 0 bridgehead atoms. The molecule has 0 heterocycles. The highest BCUT2D eigenvalue weighted by Gasteiger charge is 2.19. The van der Waals surface area contributed by atoms with Crippen LogP contribution in [0.15, 0.2) is 54.6 Å². The van der Waals surface area contributed by atoms with E-state index in [0.717, 1.165) is 3.57 Å². The lowest BCUT2D eigenvalue weighted by molar-refractivity contribution is -0.128. The van der Waals surface area contributed by atoms with Crippen molar-refractivity contribution < 1.29 is 14.3 Å². The van der Waals surface area contributed by atoms with Crippen LogP contribution in [0.5, 0.6) is 5.75 Å². The van der Waals surface area contributed by atoms with Gasteiger partial charge in [-0.1, -0.05) is 37.3 Å². The van der Waals surface area contributed by atoms with Gasteiger partial charge in [-0.25, -0.2) is 0 Å². The minimum atomic E-state index is -0.674. The second-order valence-corrected chi connectivity index (χ2v) is 5.91. The number of hydrogen-bond donors (Lipinski definition) is 2. The van der Waals surface area contributed by atoms with Gasteiger partial charge < -0.3 is 4.74 Å². The number of benzene rings is 2. The van der Waals surface area contributed by atoms with E-state index in [1.54, 1.807) is 24.3 Å². The molecular formula is C17H17IN2O3. The largest absolute Gasteiger partial charge is 0.481 e. The standard InChI is InChI=1S/C17H17IN2O3/c1-2-15(23-12-8-4-3-5-9-12)17(22)20-19-16(21)13-10-6-7-11-14(13)18/h3-11,15H,2H2,1H3,(H,19,21)(H,20,22). The molecule has 2 rings (SSSR count). The van der Waals surface area contributed by atoms with E-state index in [0.29, 0.717) is 17.7 Å². The van der Waals surface area contributed by atoms with Gasteiger partial charge in [-0.05, 0) is 53.3 Å². The summed E-state index contributed by atoms with van der Waals surface area (Å²) in [5.41, 5.74) is 5.33. The van der Waals surface area contributed by atoms with E-state index in [4.69, 9.17) is 4.74 Å². The van der Waals surface area contributed by atoms with Gasteiger partial charge in [0.15, 0.2) is 6.10 Å². The first-order valence-electron chi connectivity index (χ1n) is 7.18. The van der Waals surface area contributed by atoms with E-state index in [-0.39, 0.29) is 5.91 Å². The van der Waals surface area contributed by atoms with Crippen LogP contribution in [0.4, 0.5) is 0 Å². The zero-order chi connectivity index (χ0) is 16.7. The lowest BCUT2D eigenvalue weighted by atomic mass is 10.2. The van der Waals surface area contributed by atoms with E-state index in [2.05, 4.69) is 33.4 Å². The molecule has 2 amide bonds. The summed E-state index contributed by atoms with van der Waals surface area (Å²) in [6.45, 7) is 1.84. The van der Waals surface area contributed by atoms with Crippen molar-refractivity contribution >= 4 is 34.4 Å². The molecule has 0 saturated heterocycles. The smallest absolute Gasteiger partial charge is 0.279 e. The van der Waals surface area contributed by atoms with Crippen molar-refractivity contribution in [2.75, 3.05) is 0 Å². The predicted molar refractivity (Wildman–Crippen MR) is 95.9 cm³/mol. The van der Waals surface area contributed by atoms with Gasteiger partial charge in [0.2, 0.25) is 0 Å². The summed E-state index contributed by atoms with van der Waals surface area (Å²) in [6.07, 6.45) is -0.188. The maximum absolute atomic E-state index is 12.1. The van der Waals surface area contributed by atoms with Crippen LogP contribution in [0.2, 0.25) is 0 Å². The first-order chi connectivity index (χ1) is 11.1. The molecule has 2 aromatic carbocycles. The number of amides is 2. The van der Waals surface area contributed by atoms with Crippen LogP contribution in [0.1, 0.15) is 23.7 Å². The average molecular weight is 424 g/mol. The Morgan fingerprint density at radius 2 is 1.70 bits per heavy atom. The van der Waals surface area contributed by atoms with Crippen molar-refractivity contribution in [2.24, 2.45) is 0 Å². The molecule has 1 atom stereocenters. The van der Waals surface area contributed by atoms with Crippen LogP contribution in [0, 0.1) is 3.57 Å². The van der Waals surface area contributed by atoms with Gasteiger partial charge in [0, 0.05) is 3.57 Å². The first-order valence-corrected chi connectivity index (χ1v) is 8.26. The SMILES string of the molecule is CCC(Oc1ccccc1)C(=O)NNC(=O)c1ccccc1I. The summed E-state index contributed by atoms with van der Waals surface area (Å²) in [4.78, 5) is 24.2. The highest BCUT2D eigenvalue weighted by Crippen LogP contribution is 2.13. The van der Waals surface area contributed by atoms with Crippen LogP contribution < -0.4 is 15.6 Å². The summed E-state index contributed by atoms with van der Waals surface area (Å²) in [7, 11) is 0. The van der Waals surface area contributed by atoms with Crippen molar-refractivity contribution in [3.63, 3.8) is 0 Å². The number of halogens is 1. The van der Waals surface area contributed by atoms with Crippen LogP contribution in [-0.2, 0) is 4.79 Å². The Bertz CT molecular complexity index is 677. The molecule has 0 saturated carbocycles. The molecular weight excluding hydrogens is 407 g/mol. The molecule has 2 aromatic rings. The van der Waals surface area contributed by atoms with Crippen molar-refractivity contribution in [3.05, 3.63) is 63.7 Å². The molecule has 0 aliphatic heterocycles.